The molecule has 0 unspecified atom stereocenters. The van der Waals surface area contributed by atoms with Crippen LogP contribution in [0.5, 0.6) is 5.75 Å². The van der Waals surface area contributed by atoms with E-state index in [1.807, 2.05) is 6.92 Å². The first-order valence-electron chi connectivity index (χ1n) is 6.76. The maximum Gasteiger partial charge on any atom is 0.329 e. The lowest BCUT2D eigenvalue weighted by Crippen LogP contribution is -2.37. The largest absolute Gasteiger partial charge is 0.506 e. The number of carbonyl (C=O) groups is 1. The summed E-state index contributed by atoms with van der Waals surface area (Å²) in [7, 11) is 0. The Balaban J connectivity index is 1.82. The average molecular weight is 280 g/mol. The van der Waals surface area contributed by atoms with Gasteiger partial charge in [0.2, 0.25) is 0 Å². The van der Waals surface area contributed by atoms with Crippen molar-refractivity contribution in [2.75, 3.05) is 19.7 Å². The van der Waals surface area contributed by atoms with E-state index in [9.17, 15) is 9.90 Å². The summed E-state index contributed by atoms with van der Waals surface area (Å²) >= 11 is 0. The summed E-state index contributed by atoms with van der Waals surface area (Å²) in [6, 6.07) is 3.45. The molecule has 0 radical (unpaired) electrons. The number of rotatable bonds is 5. The molecule has 0 spiro atoms. The van der Waals surface area contributed by atoms with Gasteiger partial charge in [-0.25, -0.2) is 4.79 Å². The molecular weight excluding hydrogens is 260 g/mol. The van der Waals surface area contributed by atoms with Crippen molar-refractivity contribution < 1.29 is 19.7 Å². The highest BCUT2D eigenvalue weighted by Crippen LogP contribution is 2.20. The second-order valence-electron chi connectivity index (χ2n) is 5.10. The van der Waals surface area contributed by atoms with E-state index in [0.717, 1.165) is 31.6 Å². The summed E-state index contributed by atoms with van der Waals surface area (Å²) < 4.78 is 5.29. The van der Waals surface area contributed by atoms with Crippen molar-refractivity contribution in [3.63, 3.8) is 0 Å². The van der Waals surface area contributed by atoms with Crippen LogP contribution in [0.3, 0.4) is 0 Å². The van der Waals surface area contributed by atoms with E-state index < -0.39 is 5.97 Å². The van der Waals surface area contributed by atoms with Crippen LogP contribution in [0.2, 0.25) is 0 Å². The molecule has 2 heterocycles. The van der Waals surface area contributed by atoms with Gasteiger partial charge in [-0.05, 0) is 31.9 Å². The maximum absolute atomic E-state index is 10.4. The van der Waals surface area contributed by atoms with Crippen LogP contribution in [0.4, 0.5) is 0 Å². The zero-order chi connectivity index (χ0) is 14.5. The summed E-state index contributed by atoms with van der Waals surface area (Å²) in [5.41, 5.74) is 1.58. The standard InChI is InChI=1S/C14H20N2O4/c1-10-2-3-13(17)12(15-10)8-16-6-4-11(5-7-16)20-9-14(18)19/h2-3,11,17H,4-9H2,1H3,(H,18,19). The fourth-order valence-electron chi connectivity index (χ4n) is 2.35. The third-order valence-corrected chi connectivity index (χ3v) is 3.44. The zero-order valence-corrected chi connectivity index (χ0v) is 11.6. The van der Waals surface area contributed by atoms with Crippen LogP contribution < -0.4 is 0 Å². The number of likely N-dealkylation sites (tertiary alicyclic amines) is 1. The quantitative estimate of drug-likeness (QED) is 0.842. The van der Waals surface area contributed by atoms with Crippen molar-refractivity contribution in [3.8, 4) is 5.75 Å². The predicted molar refractivity (Wildman–Crippen MR) is 72.5 cm³/mol. The fraction of sp³-hybridized carbons (Fsp3) is 0.571. The number of hydrogen-bond acceptors (Lipinski definition) is 5. The average Bonchev–Trinajstić information content (AvgIpc) is 2.42. The number of carboxylic acids is 1. The van der Waals surface area contributed by atoms with Crippen LogP contribution in [0, 0.1) is 6.92 Å². The lowest BCUT2D eigenvalue weighted by atomic mass is 10.1. The lowest BCUT2D eigenvalue weighted by Gasteiger charge is -2.31. The van der Waals surface area contributed by atoms with Crippen molar-refractivity contribution in [2.45, 2.75) is 32.4 Å². The Bertz CT molecular complexity index is 470. The molecule has 0 bridgehead atoms. The molecule has 0 amide bonds. The Morgan fingerprint density at radius 1 is 1.45 bits per heavy atom. The molecule has 1 aliphatic rings. The van der Waals surface area contributed by atoms with E-state index in [1.54, 1.807) is 12.1 Å². The third-order valence-electron chi connectivity index (χ3n) is 3.44. The number of nitrogens with zero attached hydrogens (tertiary/aromatic N) is 2. The van der Waals surface area contributed by atoms with E-state index in [0.29, 0.717) is 12.2 Å². The minimum Gasteiger partial charge on any atom is -0.506 e. The summed E-state index contributed by atoms with van der Waals surface area (Å²) in [6.07, 6.45) is 1.63. The van der Waals surface area contributed by atoms with Gasteiger partial charge < -0.3 is 14.9 Å². The predicted octanol–water partition coefficient (Wildman–Crippen LogP) is 1.16. The van der Waals surface area contributed by atoms with Crippen molar-refractivity contribution in [1.29, 1.82) is 0 Å². The minimum atomic E-state index is -0.929. The summed E-state index contributed by atoms with van der Waals surface area (Å²) in [5.74, 6) is -0.707. The molecular formula is C14H20N2O4. The van der Waals surface area contributed by atoms with Crippen LogP contribution in [-0.2, 0) is 16.1 Å². The van der Waals surface area contributed by atoms with Gasteiger partial charge in [0.05, 0.1) is 11.8 Å². The van der Waals surface area contributed by atoms with E-state index in [4.69, 9.17) is 9.84 Å². The molecule has 2 N–H and O–H groups in total. The van der Waals surface area contributed by atoms with Gasteiger partial charge in [0.15, 0.2) is 0 Å². The molecule has 6 nitrogen and oxygen atoms in total. The number of hydrogen-bond donors (Lipinski definition) is 2. The number of pyridine rings is 1. The Hall–Kier alpha value is -1.66. The van der Waals surface area contributed by atoms with Crippen LogP contribution in [-0.4, -0.2) is 51.9 Å². The van der Waals surface area contributed by atoms with E-state index >= 15 is 0 Å². The molecule has 1 aliphatic heterocycles. The van der Waals surface area contributed by atoms with Gasteiger partial charge in [0, 0.05) is 25.3 Å². The second kappa shape index (κ2) is 6.67. The zero-order valence-electron chi connectivity index (χ0n) is 11.6. The summed E-state index contributed by atoms with van der Waals surface area (Å²) in [6.45, 7) is 3.91. The second-order valence-corrected chi connectivity index (χ2v) is 5.10. The smallest absolute Gasteiger partial charge is 0.329 e. The van der Waals surface area contributed by atoms with E-state index in [2.05, 4.69) is 9.88 Å². The highest BCUT2D eigenvalue weighted by atomic mass is 16.5. The number of aliphatic carboxylic acids is 1. The van der Waals surface area contributed by atoms with Crippen molar-refractivity contribution >= 4 is 5.97 Å². The Morgan fingerprint density at radius 2 is 2.15 bits per heavy atom. The molecule has 0 aromatic carbocycles. The number of ether oxygens (including phenoxy) is 1. The SMILES string of the molecule is Cc1ccc(O)c(CN2CCC(OCC(=O)O)CC2)n1. The van der Waals surface area contributed by atoms with Crippen LogP contribution in [0.1, 0.15) is 24.2 Å². The molecule has 2 rings (SSSR count). The van der Waals surface area contributed by atoms with Crippen LogP contribution in [0.15, 0.2) is 12.1 Å². The molecule has 0 atom stereocenters. The first-order valence-corrected chi connectivity index (χ1v) is 6.76. The van der Waals surface area contributed by atoms with Gasteiger partial charge >= 0.3 is 5.97 Å². The maximum atomic E-state index is 10.4. The highest BCUT2D eigenvalue weighted by molar-refractivity contribution is 5.68. The highest BCUT2D eigenvalue weighted by Gasteiger charge is 2.21. The topological polar surface area (TPSA) is 82.9 Å². The molecule has 1 fully saturated rings. The monoisotopic (exact) mass is 280 g/mol. The number of aromatic nitrogens is 1. The molecule has 0 aliphatic carbocycles. The van der Waals surface area contributed by atoms with Crippen molar-refractivity contribution in [1.82, 2.24) is 9.88 Å². The summed E-state index contributed by atoms with van der Waals surface area (Å²) in [5, 5.41) is 18.4. The number of piperidine rings is 1. The third kappa shape index (κ3) is 4.18. The van der Waals surface area contributed by atoms with Gasteiger partial charge in [-0.3, -0.25) is 9.88 Å². The summed E-state index contributed by atoms with van der Waals surface area (Å²) in [4.78, 5) is 17.0. The number of aromatic hydroxyl groups is 1. The Kier molecular flexibility index (Phi) is 4.92. The Labute approximate surface area is 118 Å². The first kappa shape index (κ1) is 14.7. The van der Waals surface area contributed by atoms with E-state index in [1.165, 1.54) is 0 Å². The van der Waals surface area contributed by atoms with Crippen LogP contribution in [0.25, 0.3) is 0 Å². The molecule has 20 heavy (non-hydrogen) atoms. The Morgan fingerprint density at radius 3 is 2.80 bits per heavy atom. The van der Waals surface area contributed by atoms with Gasteiger partial charge in [-0.15, -0.1) is 0 Å². The minimum absolute atomic E-state index is 0.0152. The molecule has 1 aromatic rings. The van der Waals surface area contributed by atoms with Gasteiger partial charge in [0.1, 0.15) is 12.4 Å². The van der Waals surface area contributed by atoms with Crippen molar-refractivity contribution in [2.24, 2.45) is 0 Å². The molecule has 1 aromatic heterocycles. The first-order chi connectivity index (χ1) is 9.54. The van der Waals surface area contributed by atoms with Gasteiger partial charge in [-0.2, -0.15) is 0 Å². The molecule has 1 saturated heterocycles. The molecule has 6 heteroatoms. The van der Waals surface area contributed by atoms with Gasteiger partial charge in [0.25, 0.3) is 0 Å². The molecule has 0 saturated carbocycles. The number of carboxylic acid groups (broad SMARTS) is 1. The lowest BCUT2D eigenvalue weighted by molar-refractivity contribution is -0.145. The van der Waals surface area contributed by atoms with E-state index in [-0.39, 0.29) is 18.5 Å². The normalized spacial score (nSPS) is 17.2. The van der Waals surface area contributed by atoms with Gasteiger partial charge in [-0.1, -0.05) is 0 Å². The molecule has 110 valence electrons. The fourth-order valence-corrected chi connectivity index (χ4v) is 2.35. The van der Waals surface area contributed by atoms with Crippen LogP contribution >= 0.6 is 0 Å². The van der Waals surface area contributed by atoms with Crippen molar-refractivity contribution in [3.05, 3.63) is 23.5 Å². The number of aryl methyl sites for hydroxylation is 1.